The van der Waals surface area contributed by atoms with E-state index in [0.717, 1.165) is 25.8 Å². The number of hydrogen-bond donors (Lipinski definition) is 2. The summed E-state index contributed by atoms with van der Waals surface area (Å²) >= 11 is 0. The molecule has 2 unspecified atom stereocenters. The van der Waals surface area contributed by atoms with Crippen LogP contribution in [-0.4, -0.2) is 23.2 Å². The molecule has 0 aliphatic carbocycles. The minimum Gasteiger partial charge on any atom is -0.390 e. The first-order chi connectivity index (χ1) is 6.93. The molecule has 88 valence electrons. The smallest absolute Gasteiger partial charge is 0.223 e. The average molecular weight is 213 g/mol. The van der Waals surface area contributed by atoms with Gasteiger partial charge in [0.2, 0.25) is 5.91 Å². The van der Waals surface area contributed by atoms with E-state index in [-0.39, 0.29) is 17.7 Å². The number of nitrogens with one attached hydrogen (secondary N) is 1. The minimum atomic E-state index is -0.730. The van der Waals surface area contributed by atoms with Gasteiger partial charge < -0.3 is 10.4 Å². The SMILES string of the molecule is CC(C)C(C)(O)CC1CCCCNC1=O. The summed E-state index contributed by atoms with van der Waals surface area (Å²) in [7, 11) is 0. The van der Waals surface area contributed by atoms with Gasteiger partial charge in [0.25, 0.3) is 0 Å². The lowest BCUT2D eigenvalue weighted by molar-refractivity contribution is -0.127. The molecule has 1 fully saturated rings. The molecule has 3 nitrogen and oxygen atoms in total. The fraction of sp³-hybridized carbons (Fsp3) is 0.917. The van der Waals surface area contributed by atoms with Crippen LogP contribution in [0.4, 0.5) is 0 Å². The number of carbonyl (C=O) groups is 1. The molecule has 0 aromatic carbocycles. The van der Waals surface area contributed by atoms with Crippen molar-refractivity contribution in [3.63, 3.8) is 0 Å². The van der Waals surface area contributed by atoms with Crippen molar-refractivity contribution >= 4 is 5.91 Å². The van der Waals surface area contributed by atoms with Crippen LogP contribution in [0.15, 0.2) is 0 Å². The van der Waals surface area contributed by atoms with Gasteiger partial charge in [-0.2, -0.15) is 0 Å². The van der Waals surface area contributed by atoms with Crippen LogP contribution in [0.1, 0.15) is 46.5 Å². The van der Waals surface area contributed by atoms with E-state index in [4.69, 9.17) is 0 Å². The van der Waals surface area contributed by atoms with Gasteiger partial charge in [-0.1, -0.05) is 20.3 Å². The number of rotatable bonds is 3. The van der Waals surface area contributed by atoms with E-state index in [2.05, 4.69) is 5.32 Å². The number of amides is 1. The second-order valence-electron chi connectivity index (χ2n) is 5.20. The van der Waals surface area contributed by atoms with E-state index >= 15 is 0 Å². The van der Waals surface area contributed by atoms with Crippen molar-refractivity contribution in [3.05, 3.63) is 0 Å². The van der Waals surface area contributed by atoms with Gasteiger partial charge in [-0.15, -0.1) is 0 Å². The van der Waals surface area contributed by atoms with Crippen LogP contribution in [-0.2, 0) is 4.79 Å². The van der Waals surface area contributed by atoms with Gasteiger partial charge in [0, 0.05) is 12.5 Å². The molecule has 0 aromatic heterocycles. The van der Waals surface area contributed by atoms with Gasteiger partial charge in [-0.3, -0.25) is 4.79 Å². The Morgan fingerprint density at radius 1 is 1.53 bits per heavy atom. The van der Waals surface area contributed by atoms with Crippen molar-refractivity contribution in [2.45, 2.75) is 52.1 Å². The molecule has 1 amide bonds. The monoisotopic (exact) mass is 213 g/mol. The molecule has 1 aliphatic heterocycles. The van der Waals surface area contributed by atoms with Crippen LogP contribution in [0.5, 0.6) is 0 Å². The molecule has 0 spiro atoms. The Morgan fingerprint density at radius 3 is 2.80 bits per heavy atom. The van der Waals surface area contributed by atoms with Gasteiger partial charge in [-0.05, 0) is 32.1 Å². The predicted molar refractivity (Wildman–Crippen MR) is 60.4 cm³/mol. The van der Waals surface area contributed by atoms with Crippen molar-refractivity contribution < 1.29 is 9.90 Å². The lowest BCUT2D eigenvalue weighted by Gasteiger charge is -2.30. The summed E-state index contributed by atoms with van der Waals surface area (Å²) in [4.78, 5) is 11.7. The van der Waals surface area contributed by atoms with Gasteiger partial charge in [-0.25, -0.2) is 0 Å². The Morgan fingerprint density at radius 2 is 2.20 bits per heavy atom. The number of carbonyl (C=O) groups excluding carboxylic acids is 1. The largest absolute Gasteiger partial charge is 0.390 e. The highest BCUT2D eigenvalue weighted by Crippen LogP contribution is 2.28. The molecular weight excluding hydrogens is 190 g/mol. The first-order valence-corrected chi connectivity index (χ1v) is 5.93. The molecule has 0 saturated carbocycles. The Kier molecular flexibility index (Phi) is 4.14. The van der Waals surface area contributed by atoms with E-state index in [1.165, 1.54) is 0 Å². The van der Waals surface area contributed by atoms with Gasteiger partial charge in [0.1, 0.15) is 0 Å². The normalized spacial score (nSPS) is 27.0. The Hall–Kier alpha value is -0.570. The summed E-state index contributed by atoms with van der Waals surface area (Å²) in [5, 5.41) is 13.1. The summed E-state index contributed by atoms with van der Waals surface area (Å²) < 4.78 is 0. The van der Waals surface area contributed by atoms with Crippen LogP contribution < -0.4 is 5.32 Å². The third-order valence-corrected chi connectivity index (χ3v) is 3.55. The van der Waals surface area contributed by atoms with Crippen LogP contribution in [0.3, 0.4) is 0 Å². The maximum Gasteiger partial charge on any atom is 0.223 e. The van der Waals surface area contributed by atoms with E-state index in [1.54, 1.807) is 0 Å². The zero-order valence-electron chi connectivity index (χ0n) is 10.0. The fourth-order valence-corrected chi connectivity index (χ4v) is 1.93. The fourth-order valence-electron chi connectivity index (χ4n) is 1.93. The summed E-state index contributed by atoms with van der Waals surface area (Å²) in [6.45, 7) is 6.61. The summed E-state index contributed by atoms with van der Waals surface area (Å²) in [6.07, 6.45) is 3.63. The summed E-state index contributed by atoms with van der Waals surface area (Å²) in [5.74, 6) is 0.298. The minimum absolute atomic E-state index is 0.00935. The molecule has 1 saturated heterocycles. The van der Waals surface area contributed by atoms with Gasteiger partial charge in [0.05, 0.1) is 5.60 Å². The van der Waals surface area contributed by atoms with Crippen LogP contribution in [0, 0.1) is 11.8 Å². The average Bonchev–Trinajstić information content (AvgIpc) is 2.31. The standard InChI is InChI=1S/C12H23NO2/c1-9(2)12(3,15)8-10-6-4-5-7-13-11(10)14/h9-10,15H,4-8H2,1-3H3,(H,13,14). The van der Waals surface area contributed by atoms with Crippen molar-refractivity contribution in [1.82, 2.24) is 5.32 Å². The van der Waals surface area contributed by atoms with Crippen molar-refractivity contribution in [1.29, 1.82) is 0 Å². The molecule has 1 heterocycles. The van der Waals surface area contributed by atoms with Crippen molar-refractivity contribution in [2.24, 2.45) is 11.8 Å². The maximum atomic E-state index is 11.7. The second-order valence-corrected chi connectivity index (χ2v) is 5.20. The quantitative estimate of drug-likeness (QED) is 0.749. The first kappa shape index (κ1) is 12.5. The van der Waals surface area contributed by atoms with Crippen LogP contribution >= 0.6 is 0 Å². The third-order valence-electron chi connectivity index (χ3n) is 3.55. The summed E-state index contributed by atoms with van der Waals surface area (Å²) in [6, 6.07) is 0. The van der Waals surface area contributed by atoms with Crippen LogP contribution in [0.2, 0.25) is 0 Å². The summed E-state index contributed by atoms with van der Waals surface area (Å²) in [5.41, 5.74) is -0.730. The topological polar surface area (TPSA) is 49.3 Å². The lowest BCUT2D eigenvalue weighted by atomic mass is 9.81. The molecule has 1 rings (SSSR count). The number of aliphatic hydroxyl groups is 1. The highest BCUT2D eigenvalue weighted by atomic mass is 16.3. The molecule has 3 heteroatoms. The second kappa shape index (κ2) is 4.97. The lowest BCUT2D eigenvalue weighted by Crippen LogP contribution is -2.38. The molecule has 2 N–H and O–H groups in total. The molecule has 0 aromatic rings. The molecule has 2 atom stereocenters. The molecule has 15 heavy (non-hydrogen) atoms. The molecule has 0 radical (unpaired) electrons. The van der Waals surface area contributed by atoms with E-state index in [0.29, 0.717) is 6.42 Å². The molecule has 0 bridgehead atoms. The number of hydrogen-bond acceptors (Lipinski definition) is 2. The highest BCUT2D eigenvalue weighted by Gasteiger charge is 2.32. The molecular formula is C12H23NO2. The zero-order chi connectivity index (χ0) is 11.5. The Labute approximate surface area is 92.3 Å². The van der Waals surface area contributed by atoms with E-state index < -0.39 is 5.60 Å². The van der Waals surface area contributed by atoms with Crippen molar-refractivity contribution in [2.75, 3.05) is 6.54 Å². The predicted octanol–water partition coefficient (Wildman–Crippen LogP) is 1.70. The first-order valence-electron chi connectivity index (χ1n) is 5.93. The van der Waals surface area contributed by atoms with Gasteiger partial charge >= 0.3 is 0 Å². The molecule has 1 aliphatic rings. The zero-order valence-corrected chi connectivity index (χ0v) is 10.0. The maximum absolute atomic E-state index is 11.7. The highest BCUT2D eigenvalue weighted by molar-refractivity contribution is 5.78. The van der Waals surface area contributed by atoms with E-state index in [1.807, 2.05) is 20.8 Å². The van der Waals surface area contributed by atoms with Crippen LogP contribution in [0.25, 0.3) is 0 Å². The van der Waals surface area contributed by atoms with Crippen molar-refractivity contribution in [3.8, 4) is 0 Å². The Bertz CT molecular complexity index is 224. The third kappa shape index (κ3) is 3.49. The van der Waals surface area contributed by atoms with E-state index in [9.17, 15) is 9.90 Å². The van der Waals surface area contributed by atoms with Gasteiger partial charge in [0.15, 0.2) is 0 Å². The Balaban J connectivity index is 2.58.